The summed E-state index contributed by atoms with van der Waals surface area (Å²) >= 11 is 0. The summed E-state index contributed by atoms with van der Waals surface area (Å²) < 4.78 is 5.18. The van der Waals surface area contributed by atoms with E-state index in [1.165, 1.54) is 0 Å². The van der Waals surface area contributed by atoms with Gasteiger partial charge in [0, 0.05) is 37.6 Å². The van der Waals surface area contributed by atoms with Gasteiger partial charge in [0.25, 0.3) is 0 Å². The lowest BCUT2D eigenvalue weighted by Gasteiger charge is -2.09. The molecule has 0 spiro atoms. The van der Waals surface area contributed by atoms with E-state index in [2.05, 4.69) is 22.5 Å². The normalized spacial score (nSPS) is 10.3. The summed E-state index contributed by atoms with van der Waals surface area (Å²) in [6.07, 6.45) is 3.80. The minimum atomic E-state index is 0.0875. The van der Waals surface area contributed by atoms with Crippen molar-refractivity contribution >= 4 is 11.5 Å². The van der Waals surface area contributed by atoms with Crippen LogP contribution >= 0.6 is 0 Å². The van der Waals surface area contributed by atoms with Gasteiger partial charge in [-0.25, -0.2) is 4.98 Å². The molecule has 18 heavy (non-hydrogen) atoms. The van der Waals surface area contributed by atoms with Crippen LogP contribution in [0.15, 0.2) is 18.3 Å². The van der Waals surface area contributed by atoms with E-state index < -0.39 is 0 Å². The maximum Gasteiger partial charge on any atom is 0.127 e. The number of hydrogen-bond donors (Lipinski definition) is 3. The van der Waals surface area contributed by atoms with E-state index in [-0.39, 0.29) is 6.61 Å². The Labute approximate surface area is 109 Å². The van der Waals surface area contributed by atoms with Gasteiger partial charge in [-0.3, -0.25) is 0 Å². The minimum Gasteiger partial charge on any atom is -0.394 e. The molecule has 0 saturated carbocycles. The number of aromatic nitrogens is 1. The van der Waals surface area contributed by atoms with Crippen LogP contribution in [0.1, 0.15) is 19.8 Å². The first-order valence-electron chi connectivity index (χ1n) is 6.49. The van der Waals surface area contributed by atoms with Gasteiger partial charge in [-0.2, -0.15) is 0 Å². The number of anilines is 2. The molecule has 0 amide bonds. The standard InChI is InChI=1S/C13H23N3O2/c1-2-5-15-13-11-12(4-7-16-13)14-6-3-9-18-10-8-17/h4,7,11,17H,2-3,5-6,8-10H2,1H3,(H2,14,15,16). The number of hydrogen-bond acceptors (Lipinski definition) is 5. The molecule has 0 aromatic carbocycles. The molecular formula is C13H23N3O2. The first-order chi connectivity index (χ1) is 8.86. The van der Waals surface area contributed by atoms with Crippen molar-refractivity contribution in [1.29, 1.82) is 0 Å². The SMILES string of the molecule is CCCNc1cc(NCCCOCCO)ccn1. The summed E-state index contributed by atoms with van der Waals surface area (Å²) in [4.78, 5) is 4.24. The zero-order valence-electron chi connectivity index (χ0n) is 11.0. The highest BCUT2D eigenvalue weighted by atomic mass is 16.5. The Morgan fingerprint density at radius 3 is 2.94 bits per heavy atom. The predicted octanol–water partition coefficient (Wildman–Crippen LogP) is 1.71. The second-order valence-corrected chi connectivity index (χ2v) is 3.97. The number of pyridine rings is 1. The van der Waals surface area contributed by atoms with Crippen LogP contribution < -0.4 is 10.6 Å². The Morgan fingerprint density at radius 1 is 1.28 bits per heavy atom. The van der Waals surface area contributed by atoms with E-state index in [0.717, 1.165) is 37.4 Å². The molecule has 1 aromatic rings. The van der Waals surface area contributed by atoms with E-state index in [4.69, 9.17) is 9.84 Å². The molecule has 0 unspecified atom stereocenters. The van der Waals surface area contributed by atoms with Gasteiger partial charge < -0.3 is 20.5 Å². The summed E-state index contributed by atoms with van der Waals surface area (Å²) in [7, 11) is 0. The van der Waals surface area contributed by atoms with Gasteiger partial charge in [0.2, 0.25) is 0 Å². The van der Waals surface area contributed by atoms with E-state index in [1.807, 2.05) is 12.1 Å². The third-order valence-corrected chi connectivity index (χ3v) is 2.35. The second kappa shape index (κ2) is 9.67. The average molecular weight is 253 g/mol. The smallest absolute Gasteiger partial charge is 0.127 e. The van der Waals surface area contributed by atoms with Gasteiger partial charge in [0.05, 0.1) is 13.2 Å². The number of aliphatic hydroxyl groups is 1. The summed E-state index contributed by atoms with van der Waals surface area (Å²) in [5.41, 5.74) is 1.06. The third-order valence-electron chi connectivity index (χ3n) is 2.35. The van der Waals surface area contributed by atoms with Gasteiger partial charge in [-0.05, 0) is 18.9 Å². The first-order valence-corrected chi connectivity index (χ1v) is 6.49. The quantitative estimate of drug-likeness (QED) is 0.554. The van der Waals surface area contributed by atoms with Crippen molar-refractivity contribution in [3.63, 3.8) is 0 Å². The van der Waals surface area contributed by atoms with Crippen molar-refractivity contribution < 1.29 is 9.84 Å². The molecule has 1 rings (SSSR count). The molecular weight excluding hydrogens is 230 g/mol. The predicted molar refractivity (Wildman–Crippen MR) is 74.0 cm³/mol. The number of ether oxygens (including phenoxy) is 1. The average Bonchev–Trinajstić information content (AvgIpc) is 2.41. The number of rotatable bonds is 10. The van der Waals surface area contributed by atoms with E-state index in [0.29, 0.717) is 13.2 Å². The highest BCUT2D eigenvalue weighted by Crippen LogP contribution is 2.11. The molecule has 0 aliphatic carbocycles. The van der Waals surface area contributed by atoms with E-state index in [9.17, 15) is 0 Å². The highest BCUT2D eigenvalue weighted by Gasteiger charge is 1.96. The van der Waals surface area contributed by atoms with Gasteiger partial charge in [-0.1, -0.05) is 6.92 Å². The maximum absolute atomic E-state index is 8.55. The van der Waals surface area contributed by atoms with Crippen LogP contribution in [-0.2, 0) is 4.74 Å². The molecule has 0 aliphatic rings. The van der Waals surface area contributed by atoms with Crippen molar-refractivity contribution in [2.75, 3.05) is 43.5 Å². The fourth-order valence-corrected chi connectivity index (χ4v) is 1.46. The zero-order chi connectivity index (χ0) is 13.1. The van der Waals surface area contributed by atoms with Crippen molar-refractivity contribution in [2.24, 2.45) is 0 Å². The summed E-state index contributed by atoms with van der Waals surface area (Å²) in [5, 5.41) is 15.1. The van der Waals surface area contributed by atoms with Gasteiger partial charge in [0.1, 0.15) is 5.82 Å². The van der Waals surface area contributed by atoms with Crippen LogP contribution in [0.25, 0.3) is 0 Å². The molecule has 1 aromatic heterocycles. The summed E-state index contributed by atoms with van der Waals surface area (Å²) in [6.45, 7) is 5.08. The number of aliphatic hydroxyl groups excluding tert-OH is 1. The lowest BCUT2D eigenvalue weighted by atomic mass is 10.3. The Kier molecular flexibility index (Phi) is 7.92. The van der Waals surface area contributed by atoms with Gasteiger partial charge in [-0.15, -0.1) is 0 Å². The van der Waals surface area contributed by atoms with Crippen molar-refractivity contribution in [3.05, 3.63) is 18.3 Å². The fraction of sp³-hybridized carbons (Fsp3) is 0.615. The molecule has 1 heterocycles. The van der Waals surface area contributed by atoms with Crippen LogP contribution in [0.3, 0.4) is 0 Å². The maximum atomic E-state index is 8.55. The van der Waals surface area contributed by atoms with Crippen molar-refractivity contribution in [2.45, 2.75) is 19.8 Å². The molecule has 0 radical (unpaired) electrons. The first kappa shape index (κ1) is 14.7. The number of nitrogens with zero attached hydrogens (tertiary/aromatic N) is 1. The Bertz CT molecular complexity index is 321. The molecule has 5 heteroatoms. The monoisotopic (exact) mass is 253 g/mol. The molecule has 0 fully saturated rings. The molecule has 0 saturated heterocycles. The van der Waals surface area contributed by atoms with E-state index in [1.54, 1.807) is 6.20 Å². The Hall–Kier alpha value is -1.33. The number of nitrogens with one attached hydrogen (secondary N) is 2. The van der Waals surface area contributed by atoms with Crippen LogP contribution in [0.4, 0.5) is 11.5 Å². The molecule has 3 N–H and O–H groups in total. The van der Waals surface area contributed by atoms with Crippen LogP contribution in [0.2, 0.25) is 0 Å². The van der Waals surface area contributed by atoms with Crippen LogP contribution in [0, 0.1) is 0 Å². The molecule has 102 valence electrons. The van der Waals surface area contributed by atoms with Crippen molar-refractivity contribution in [3.8, 4) is 0 Å². The zero-order valence-corrected chi connectivity index (χ0v) is 11.0. The van der Waals surface area contributed by atoms with Gasteiger partial charge in [0.15, 0.2) is 0 Å². The molecule has 0 atom stereocenters. The largest absolute Gasteiger partial charge is 0.394 e. The molecule has 5 nitrogen and oxygen atoms in total. The Balaban J connectivity index is 2.20. The third kappa shape index (κ3) is 6.42. The van der Waals surface area contributed by atoms with Crippen molar-refractivity contribution in [1.82, 2.24) is 4.98 Å². The Morgan fingerprint density at radius 2 is 2.17 bits per heavy atom. The highest BCUT2D eigenvalue weighted by molar-refractivity contribution is 5.51. The molecule has 0 aliphatic heterocycles. The lowest BCUT2D eigenvalue weighted by Crippen LogP contribution is -2.08. The molecule has 0 bridgehead atoms. The lowest BCUT2D eigenvalue weighted by molar-refractivity contribution is 0.0922. The van der Waals surface area contributed by atoms with E-state index >= 15 is 0 Å². The van der Waals surface area contributed by atoms with Crippen LogP contribution in [-0.4, -0.2) is 43.0 Å². The summed E-state index contributed by atoms with van der Waals surface area (Å²) in [5.74, 6) is 0.901. The second-order valence-electron chi connectivity index (χ2n) is 3.97. The fourth-order valence-electron chi connectivity index (χ4n) is 1.46. The van der Waals surface area contributed by atoms with Gasteiger partial charge >= 0.3 is 0 Å². The summed E-state index contributed by atoms with van der Waals surface area (Å²) in [6, 6.07) is 3.95. The van der Waals surface area contributed by atoms with Crippen LogP contribution in [0.5, 0.6) is 0 Å². The minimum absolute atomic E-state index is 0.0875. The topological polar surface area (TPSA) is 66.4 Å².